The molecule has 0 aliphatic rings. The molecule has 0 aliphatic carbocycles. The molecule has 3 rings (SSSR count). The summed E-state index contributed by atoms with van der Waals surface area (Å²) in [5.41, 5.74) is 0.228. The summed E-state index contributed by atoms with van der Waals surface area (Å²) in [4.78, 5) is 8.05. The Kier molecular flexibility index (Phi) is 6.82. The number of hydrogen-bond donors (Lipinski definition) is 0. The molecule has 0 radical (unpaired) electrons. The van der Waals surface area contributed by atoms with Crippen LogP contribution in [0.5, 0.6) is 0 Å². The molecule has 11 heteroatoms. The quantitative estimate of drug-likeness (QED) is 0.248. The third-order valence-corrected chi connectivity index (χ3v) is 7.03. The van der Waals surface area contributed by atoms with Gasteiger partial charge in [-0.3, -0.25) is 9.98 Å². The second kappa shape index (κ2) is 9.41. The first kappa shape index (κ1) is 23.9. The van der Waals surface area contributed by atoms with E-state index in [2.05, 4.69) is 9.98 Å². The van der Waals surface area contributed by atoms with Crippen LogP contribution in [0.15, 0.2) is 74.9 Å². The molecule has 0 atom stereocenters. The normalized spacial score (nSPS) is 13.5. The van der Waals surface area contributed by atoms with E-state index in [0.717, 1.165) is 0 Å². The summed E-state index contributed by atoms with van der Waals surface area (Å²) >= 11 is 0. The Labute approximate surface area is 192 Å². The van der Waals surface area contributed by atoms with Crippen LogP contribution in [0.25, 0.3) is 0 Å². The van der Waals surface area contributed by atoms with Crippen molar-refractivity contribution in [1.82, 2.24) is 9.13 Å². The summed E-state index contributed by atoms with van der Waals surface area (Å²) in [6.45, 7) is 1.36. The maximum Gasteiger partial charge on any atom is 0.292 e. The van der Waals surface area contributed by atoms with Crippen molar-refractivity contribution in [3.8, 4) is 0 Å². The Hall–Kier alpha value is -3.73. The highest BCUT2D eigenvalue weighted by Gasteiger charge is 2.18. The fraction of sp³-hybridized carbons (Fsp3) is 0.273. The molecule has 10 nitrogen and oxygen atoms in total. The van der Waals surface area contributed by atoms with Crippen molar-refractivity contribution in [3.05, 3.63) is 71.7 Å². The lowest BCUT2D eigenvalue weighted by Crippen LogP contribution is -2.40. The highest BCUT2D eigenvalue weighted by atomic mass is 32.2. The van der Waals surface area contributed by atoms with E-state index in [4.69, 9.17) is 0 Å². The second-order valence-corrected chi connectivity index (χ2v) is 9.69. The number of sulfone groups is 1. The molecule has 0 N–H and O–H groups in total. The van der Waals surface area contributed by atoms with Gasteiger partial charge in [-0.05, 0) is 31.2 Å². The van der Waals surface area contributed by atoms with Gasteiger partial charge in [0.05, 0.1) is 57.1 Å². The minimum absolute atomic E-state index is 0.00159. The van der Waals surface area contributed by atoms with Crippen LogP contribution in [0.3, 0.4) is 0 Å². The van der Waals surface area contributed by atoms with Crippen LogP contribution in [-0.2, 0) is 38.0 Å². The van der Waals surface area contributed by atoms with Crippen LogP contribution in [-0.4, -0.2) is 35.9 Å². The van der Waals surface area contributed by atoms with Crippen molar-refractivity contribution in [2.24, 2.45) is 38.2 Å². The van der Waals surface area contributed by atoms with Gasteiger partial charge in [0.2, 0.25) is 9.84 Å². The van der Waals surface area contributed by atoms with E-state index in [-0.39, 0.29) is 22.0 Å². The van der Waals surface area contributed by atoms with Crippen molar-refractivity contribution in [1.29, 1.82) is 0 Å². The molecule has 3 aromatic rings. The molecule has 0 unspecified atom stereocenters. The van der Waals surface area contributed by atoms with Crippen LogP contribution in [0.1, 0.15) is 18.6 Å². The predicted octanol–water partition coefficient (Wildman–Crippen LogP) is -1.06. The molecule has 1 aromatic carbocycles. The topological polar surface area (TPSA) is 123 Å². The first-order valence-electron chi connectivity index (χ1n) is 10.0. The van der Waals surface area contributed by atoms with E-state index < -0.39 is 21.6 Å². The van der Waals surface area contributed by atoms with Crippen LogP contribution >= 0.6 is 0 Å². The van der Waals surface area contributed by atoms with E-state index >= 15 is 0 Å². The lowest BCUT2D eigenvalue weighted by atomic mass is 10.3. The largest absolute Gasteiger partial charge is 0.853 e. The standard InChI is InChI=1S/C22H26N6O4S/c1-16(9-10-23-19(29)21-25(2)11-12-26(21)3)33(31,32)18-8-6-7-17(15-18)24-20(30)22-27(4)13-14-28(22)5/h6-9,11-15H,10H2,1-5H3/b16-9+. The van der Waals surface area contributed by atoms with Gasteiger partial charge in [-0.1, -0.05) is 6.07 Å². The molecule has 0 aliphatic heterocycles. The van der Waals surface area contributed by atoms with Gasteiger partial charge in [0, 0.05) is 4.91 Å². The molecule has 0 amide bonds. The van der Waals surface area contributed by atoms with Crippen molar-refractivity contribution < 1.29 is 27.8 Å². The number of rotatable bonds is 7. The lowest BCUT2D eigenvalue weighted by molar-refractivity contribution is -0.674. The molecule has 33 heavy (non-hydrogen) atoms. The number of aryl methyl sites for hydroxylation is 4. The summed E-state index contributed by atoms with van der Waals surface area (Å²) in [5, 5.41) is 24.9. The number of imidazole rings is 2. The van der Waals surface area contributed by atoms with Gasteiger partial charge in [-0.15, -0.1) is 0 Å². The molecule has 0 spiro atoms. The van der Waals surface area contributed by atoms with E-state index in [9.17, 15) is 18.6 Å². The van der Waals surface area contributed by atoms with Crippen LogP contribution < -0.4 is 19.3 Å². The first-order chi connectivity index (χ1) is 15.5. The van der Waals surface area contributed by atoms with E-state index in [1.807, 2.05) is 0 Å². The van der Waals surface area contributed by atoms with Gasteiger partial charge < -0.3 is 10.2 Å². The van der Waals surface area contributed by atoms with Crippen LogP contribution in [0.4, 0.5) is 5.69 Å². The molecule has 0 saturated heterocycles. The van der Waals surface area contributed by atoms with E-state index in [1.54, 1.807) is 77.3 Å². The summed E-state index contributed by atoms with van der Waals surface area (Å²) in [6.07, 6.45) is 8.30. The monoisotopic (exact) mass is 470 g/mol. The zero-order chi connectivity index (χ0) is 24.3. The Morgan fingerprint density at radius 2 is 1.61 bits per heavy atom. The number of hydrogen-bond acceptors (Lipinski definition) is 6. The van der Waals surface area contributed by atoms with Gasteiger partial charge in [0.1, 0.15) is 24.8 Å². The summed E-state index contributed by atoms with van der Waals surface area (Å²) in [5.74, 6) is -0.190. The summed E-state index contributed by atoms with van der Waals surface area (Å²) in [6, 6.07) is 5.87. The Balaban J connectivity index is 1.84. The summed E-state index contributed by atoms with van der Waals surface area (Å²) < 4.78 is 32.5. The van der Waals surface area contributed by atoms with E-state index in [0.29, 0.717) is 11.6 Å². The lowest BCUT2D eigenvalue weighted by Gasteiger charge is -2.09. The molecule has 0 fully saturated rings. The number of nitrogens with zero attached hydrogens (tertiary/aromatic N) is 6. The van der Waals surface area contributed by atoms with Crippen molar-refractivity contribution in [2.45, 2.75) is 11.8 Å². The molecule has 174 valence electrons. The zero-order valence-corrected chi connectivity index (χ0v) is 19.9. The molecule has 2 aromatic heterocycles. The summed E-state index contributed by atoms with van der Waals surface area (Å²) in [7, 11) is 3.08. The minimum Gasteiger partial charge on any atom is -0.853 e. The zero-order valence-electron chi connectivity index (χ0n) is 19.1. The maximum absolute atomic E-state index is 13.0. The number of aliphatic imine (C=N–C) groups is 2. The van der Waals surface area contributed by atoms with Gasteiger partial charge in [-0.25, -0.2) is 26.7 Å². The number of aromatic nitrogens is 4. The highest BCUT2D eigenvalue weighted by Crippen LogP contribution is 2.23. The first-order valence-corrected chi connectivity index (χ1v) is 11.5. The van der Waals surface area contributed by atoms with Gasteiger partial charge >= 0.3 is 0 Å². The Bertz CT molecular complexity index is 1340. The maximum atomic E-state index is 13.0. The molecule has 2 heterocycles. The third kappa shape index (κ3) is 5.03. The van der Waals surface area contributed by atoms with E-state index in [1.165, 1.54) is 31.2 Å². The predicted molar refractivity (Wildman–Crippen MR) is 118 cm³/mol. The number of benzene rings is 1. The van der Waals surface area contributed by atoms with Crippen molar-refractivity contribution in [2.75, 3.05) is 6.54 Å². The van der Waals surface area contributed by atoms with Crippen molar-refractivity contribution >= 4 is 27.3 Å². The molecule has 0 saturated carbocycles. The van der Waals surface area contributed by atoms with Crippen molar-refractivity contribution in [3.63, 3.8) is 0 Å². The average molecular weight is 471 g/mol. The fourth-order valence-corrected chi connectivity index (χ4v) is 4.49. The second-order valence-electron chi connectivity index (χ2n) is 7.57. The molecular weight excluding hydrogens is 444 g/mol. The fourth-order valence-electron chi connectivity index (χ4n) is 3.29. The molecular formula is C22H26N6O4S. The van der Waals surface area contributed by atoms with Gasteiger partial charge in [0.25, 0.3) is 11.6 Å². The smallest absolute Gasteiger partial charge is 0.292 e. The van der Waals surface area contributed by atoms with Crippen LogP contribution in [0, 0.1) is 0 Å². The SMILES string of the molecule is C/C(=C\CN=C([O-])c1n(C)cc[n+]1C)S(=O)(=O)c1cccc(N=C([O-])c2n(C)cc[n+]2C)c1. The number of allylic oxidation sites excluding steroid dienone is 1. The van der Waals surface area contributed by atoms with Gasteiger partial charge in [0.15, 0.2) is 0 Å². The highest BCUT2D eigenvalue weighted by molar-refractivity contribution is 7.95. The minimum atomic E-state index is -3.84. The molecule has 0 bridgehead atoms. The Morgan fingerprint density at radius 3 is 2.15 bits per heavy atom. The van der Waals surface area contributed by atoms with Gasteiger partial charge in [-0.2, -0.15) is 0 Å². The Morgan fingerprint density at radius 1 is 1.03 bits per heavy atom. The van der Waals surface area contributed by atoms with Crippen LogP contribution in [0.2, 0.25) is 0 Å². The third-order valence-electron chi connectivity index (χ3n) is 5.14. The average Bonchev–Trinajstić information content (AvgIpc) is 3.28.